The molecule has 3 heterocycles. The molecule has 3 aromatic rings. The summed E-state index contributed by atoms with van der Waals surface area (Å²) in [7, 11) is 1.85. The van der Waals surface area contributed by atoms with Crippen LogP contribution in [0.5, 0.6) is 0 Å². The summed E-state index contributed by atoms with van der Waals surface area (Å²) < 4.78 is 7.04. The Morgan fingerprint density at radius 1 is 1.27 bits per heavy atom. The van der Waals surface area contributed by atoms with Crippen LogP contribution in [0.15, 0.2) is 47.1 Å². The first-order valence-corrected chi connectivity index (χ1v) is 12.0. The van der Waals surface area contributed by atoms with Gasteiger partial charge in [0.15, 0.2) is 0 Å². The lowest BCUT2D eigenvalue weighted by Gasteiger charge is -2.24. The number of anilines is 1. The number of aryl methyl sites for hydroxylation is 2. The molecule has 1 aliphatic heterocycles. The molecule has 2 amide bonds. The van der Waals surface area contributed by atoms with Crippen LogP contribution < -0.4 is 10.2 Å². The SMILES string of the molecule is Cc1cccc(C2SCC(=O)N(CC(=O)NCc3ccco3)c3c2c(C(C)(C)C)nn3C)c1. The smallest absolute Gasteiger partial charge is 0.240 e. The third kappa shape index (κ3) is 4.85. The second-order valence-electron chi connectivity index (χ2n) is 9.40. The zero-order valence-corrected chi connectivity index (χ0v) is 20.5. The van der Waals surface area contributed by atoms with Crippen molar-refractivity contribution in [3.63, 3.8) is 0 Å². The number of thioether (sulfide) groups is 1. The monoisotopic (exact) mass is 466 g/mol. The average Bonchev–Trinajstić information content (AvgIpc) is 3.35. The fraction of sp³-hybridized carbons (Fsp3) is 0.400. The second kappa shape index (κ2) is 9.09. The molecular formula is C25H30N4O3S. The highest BCUT2D eigenvalue weighted by molar-refractivity contribution is 8.00. The molecule has 4 rings (SSSR count). The number of carbonyl (C=O) groups excluding carboxylic acids is 2. The van der Waals surface area contributed by atoms with E-state index in [-0.39, 0.29) is 41.3 Å². The van der Waals surface area contributed by atoms with E-state index in [2.05, 4.69) is 51.2 Å². The van der Waals surface area contributed by atoms with Crippen molar-refractivity contribution in [1.29, 1.82) is 0 Å². The van der Waals surface area contributed by atoms with Gasteiger partial charge >= 0.3 is 0 Å². The fourth-order valence-corrected chi connectivity index (χ4v) is 5.33. The highest BCUT2D eigenvalue weighted by Crippen LogP contribution is 2.47. The molecule has 174 valence electrons. The normalized spacial score (nSPS) is 16.5. The van der Waals surface area contributed by atoms with Crippen molar-refractivity contribution in [2.75, 3.05) is 17.2 Å². The summed E-state index contributed by atoms with van der Waals surface area (Å²) in [5, 5.41) is 7.64. The number of nitrogens with one attached hydrogen (secondary N) is 1. The molecule has 0 saturated heterocycles. The lowest BCUT2D eigenvalue weighted by atomic mass is 9.87. The Labute approximate surface area is 198 Å². The van der Waals surface area contributed by atoms with E-state index in [4.69, 9.17) is 9.52 Å². The van der Waals surface area contributed by atoms with Crippen LogP contribution in [0, 0.1) is 6.92 Å². The topological polar surface area (TPSA) is 80.4 Å². The van der Waals surface area contributed by atoms with Gasteiger partial charge in [-0.1, -0.05) is 50.6 Å². The van der Waals surface area contributed by atoms with Crippen LogP contribution in [-0.2, 0) is 28.6 Å². The number of hydrogen-bond acceptors (Lipinski definition) is 5. The number of amides is 2. The van der Waals surface area contributed by atoms with Gasteiger partial charge in [0.2, 0.25) is 11.8 Å². The summed E-state index contributed by atoms with van der Waals surface area (Å²) in [4.78, 5) is 27.6. The molecule has 0 fully saturated rings. The molecule has 0 bridgehead atoms. The molecule has 7 nitrogen and oxygen atoms in total. The molecule has 1 atom stereocenters. The highest BCUT2D eigenvalue weighted by atomic mass is 32.2. The third-order valence-corrected chi connectivity index (χ3v) is 6.90. The zero-order valence-electron chi connectivity index (χ0n) is 19.7. The highest BCUT2D eigenvalue weighted by Gasteiger charge is 2.38. The molecule has 1 N–H and O–H groups in total. The summed E-state index contributed by atoms with van der Waals surface area (Å²) in [5.41, 5.74) is 4.02. The Bertz CT molecular complexity index is 1160. The number of benzene rings is 1. The van der Waals surface area contributed by atoms with Crippen molar-refractivity contribution in [3.05, 3.63) is 70.8 Å². The minimum Gasteiger partial charge on any atom is -0.467 e. The average molecular weight is 467 g/mol. The van der Waals surface area contributed by atoms with E-state index < -0.39 is 0 Å². The van der Waals surface area contributed by atoms with Crippen molar-refractivity contribution < 1.29 is 14.0 Å². The molecule has 0 saturated carbocycles. The third-order valence-electron chi connectivity index (χ3n) is 5.64. The van der Waals surface area contributed by atoms with Gasteiger partial charge in [0.25, 0.3) is 0 Å². The summed E-state index contributed by atoms with van der Waals surface area (Å²) in [6, 6.07) is 12.0. The van der Waals surface area contributed by atoms with E-state index in [0.717, 1.165) is 16.8 Å². The molecular weight excluding hydrogens is 436 g/mol. The lowest BCUT2D eigenvalue weighted by Crippen LogP contribution is -2.42. The number of carbonyl (C=O) groups is 2. The van der Waals surface area contributed by atoms with Crippen LogP contribution in [0.3, 0.4) is 0 Å². The largest absolute Gasteiger partial charge is 0.467 e. The van der Waals surface area contributed by atoms with Crippen LogP contribution in [0.4, 0.5) is 5.82 Å². The fourth-order valence-electron chi connectivity index (χ4n) is 4.14. The van der Waals surface area contributed by atoms with Gasteiger partial charge in [0.05, 0.1) is 29.5 Å². The van der Waals surface area contributed by atoms with Crippen molar-refractivity contribution in [2.24, 2.45) is 7.05 Å². The standard InChI is InChI=1S/C25H30N4O3S/c1-16-8-6-9-17(12-16)22-21-23(25(2,3)4)27-28(5)24(21)29(20(31)15-33-22)14-19(30)26-13-18-10-7-11-32-18/h6-12,22H,13-15H2,1-5H3,(H,26,30). The molecule has 2 aromatic heterocycles. The molecule has 33 heavy (non-hydrogen) atoms. The lowest BCUT2D eigenvalue weighted by molar-refractivity contribution is -0.123. The van der Waals surface area contributed by atoms with E-state index in [1.165, 1.54) is 5.56 Å². The van der Waals surface area contributed by atoms with E-state index in [1.807, 2.05) is 13.1 Å². The number of fused-ring (bicyclic) bond motifs is 1. The maximum absolute atomic E-state index is 13.3. The van der Waals surface area contributed by atoms with Gasteiger partial charge in [-0.25, -0.2) is 0 Å². The van der Waals surface area contributed by atoms with Crippen molar-refractivity contribution in [1.82, 2.24) is 15.1 Å². The van der Waals surface area contributed by atoms with Gasteiger partial charge in [-0.05, 0) is 24.6 Å². The van der Waals surface area contributed by atoms with Crippen molar-refractivity contribution in [2.45, 2.75) is 44.9 Å². The van der Waals surface area contributed by atoms with Gasteiger partial charge in [0.1, 0.15) is 18.1 Å². The van der Waals surface area contributed by atoms with Gasteiger partial charge in [-0.2, -0.15) is 5.10 Å². The number of furan rings is 1. The Morgan fingerprint density at radius 3 is 2.73 bits per heavy atom. The zero-order chi connectivity index (χ0) is 23.8. The van der Waals surface area contributed by atoms with E-state index in [9.17, 15) is 9.59 Å². The van der Waals surface area contributed by atoms with Crippen LogP contribution in [0.25, 0.3) is 0 Å². The Hall–Kier alpha value is -3.00. The minimum absolute atomic E-state index is 0.0528. The van der Waals surface area contributed by atoms with E-state index >= 15 is 0 Å². The van der Waals surface area contributed by atoms with E-state index in [0.29, 0.717) is 11.6 Å². The predicted molar refractivity (Wildman–Crippen MR) is 130 cm³/mol. The van der Waals surface area contributed by atoms with Crippen molar-refractivity contribution >= 4 is 29.4 Å². The summed E-state index contributed by atoms with van der Waals surface area (Å²) >= 11 is 1.59. The molecule has 1 aromatic carbocycles. The molecule has 1 unspecified atom stereocenters. The molecule has 8 heteroatoms. The van der Waals surface area contributed by atoms with Gasteiger partial charge < -0.3 is 9.73 Å². The summed E-state index contributed by atoms with van der Waals surface area (Å²) in [5.74, 6) is 1.28. The first kappa shape index (κ1) is 23.2. The van der Waals surface area contributed by atoms with Crippen molar-refractivity contribution in [3.8, 4) is 0 Å². The summed E-state index contributed by atoms with van der Waals surface area (Å²) in [6.07, 6.45) is 1.57. The van der Waals surface area contributed by atoms with Crippen LogP contribution in [0.2, 0.25) is 0 Å². The molecule has 0 aliphatic carbocycles. The Kier molecular flexibility index (Phi) is 6.38. The molecule has 1 aliphatic rings. The first-order chi connectivity index (χ1) is 15.6. The van der Waals surface area contributed by atoms with Crippen LogP contribution in [0.1, 0.15) is 54.2 Å². The molecule has 0 spiro atoms. The Balaban J connectivity index is 1.74. The maximum Gasteiger partial charge on any atom is 0.240 e. The Morgan fingerprint density at radius 2 is 2.06 bits per heavy atom. The second-order valence-corrected chi connectivity index (χ2v) is 10.5. The van der Waals surface area contributed by atoms with Crippen LogP contribution >= 0.6 is 11.8 Å². The molecule has 0 radical (unpaired) electrons. The van der Waals surface area contributed by atoms with Gasteiger partial charge in [-0.3, -0.25) is 19.2 Å². The predicted octanol–water partition coefficient (Wildman–Crippen LogP) is 4.10. The quantitative estimate of drug-likeness (QED) is 0.612. The summed E-state index contributed by atoms with van der Waals surface area (Å²) in [6.45, 7) is 8.65. The number of nitrogens with zero attached hydrogens (tertiary/aromatic N) is 3. The minimum atomic E-state index is -0.247. The van der Waals surface area contributed by atoms with E-state index in [1.54, 1.807) is 39.7 Å². The van der Waals surface area contributed by atoms with Crippen LogP contribution in [-0.4, -0.2) is 33.9 Å². The number of rotatable bonds is 5. The maximum atomic E-state index is 13.3. The first-order valence-electron chi connectivity index (χ1n) is 11.0. The number of aromatic nitrogens is 2. The van der Waals surface area contributed by atoms with Gasteiger partial charge in [0, 0.05) is 18.0 Å². The number of hydrogen-bond donors (Lipinski definition) is 1. The van der Waals surface area contributed by atoms with Gasteiger partial charge in [-0.15, -0.1) is 11.8 Å².